The van der Waals surface area contributed by atoms with E-state index < -0.39 is 18.1 Å². The zero-order valence-electron chi connectivity index (χ0n) is 11.0. The Bertz CT molecular complexity index is 800. The molecule has 0 radical (unpaired) electrons. The van der Waals surface area contributed by atoms with Gasteiger partial charge in [-0.15, -0.1) is 0 Å². The minimum absolute atomic E-state index is 0.100. The zero-order valence-corrected chi connectivity index (χ0v) is 11.0. The third-order valence-corrected chi connectivity index (χ3v) is 2.52. The topological polar surface area (TPSA) is 119 Å². The highest BCUT2D eigenvalue weighted by molar-refractivity contribution is 5.95. The summed E-state index contributed by atoms with van der Waals surface area (Å²) >= 11 is 0. The first kappa shape index (κ1) is 15.8. The van der Waals surface area contributed by atoms with Crippen LogP contribution in [0, 0.1) is 22.9 Å². The lowest BCUT2D eigenvalue weighted by atomic mass is 10.2. The molecule has 0 saturated carbocycles. The molecule has 0 bridgehead atoms. The van der Waals surface area contributed by atoms with E-state index in [0.29, 0.717) is 4.90 Å². The third kappa shape index (κ3) is 3.36. The average molecular weight is 322 g/mol. The number of carbonyl (C=O) groups is 1. The largest absolute Gasteiger partial charge is 0.471 e. The lowest BCUT2D eigenvalue weighted by Gasteiger charge is -2.11. The fraction of sp³-hybridized carbons (Fsp3) is 0.0833. The summed E-state index contributed by atoms with van der Waals surface area (Å²) in [6, 6.07) is 4.18. The molecule has 1 aromatic carbocycles. The number of nitriles is 2. The molecule has 0 atom stereocenters. The predicted molar refractivity (Wildman–Crippen MR) is 67.0 cm³/mol. The number of urea groups is 1. The molecule has 116 valence electrons. The molecule has 0 aliphatic rings. The SMILES string of the molecule is N#CNC(=O)N(C#N)c1ccc(-c2noc(C(F)(F)F)n2)cc1. The standard InChI is InChI=1S/C12H5F3N6O2/c13-12(14,15)10-19-9(20-23-10)7-1-3-8(4-2-7)21(6-17)11(22)18-5-16/h1-4H,(H,18,22). The first-order chi connectivity index (χ1) is 10.9. The number of hydrogen-bond donors (Lipinski definition) is 1. The fourth-order valence-corrected chi connectivity index (χ4v) is 1.54. The van der Waals surface area contributed by atoms with Crippen LogP contribution in [-0.2, 0) is 6.18 Å². The molecule has 0 aliphatic carbocycles. The molecular formula is C12H5F3N6O2. The van der Waals surface area contributed by atoms with Crippen molar-refractivity contribution in [3.63, 3.8) is 0 Å². The van der Waals surface area contributed by atoms with Crippen molar-refractivity contribution in [2.45, 2.75) is 6.18 Å². The maximum Gasteiger partial charge on any atom is 0.471 e. The molecule has 2 rings (SSSR count). The number of amides is 2. The molecule has 23 heavy (non-hydrogen) atoms. The first-order valence-corrected chi connectivity index (χ1v) is 5.77. The number of nitrogens with zero attached hydrogens (tertiary/aromatic N) is 5. The van der Waals surface area contributed by atoms with E-state index in [-0.39, 0.29) is 17.1 Å². The van der Waals surface area contributed by atoms with Crippen LogP contribution in [0.1, 0.15) is 5.89 Å². The van der Waals surface area contributed by atoms with Crippen LogP contribution in [0.3, 0.4) is 0 Å². The number of nitrogens with one attached hydrogen (secondary N) is 1. The Hall–Kier alpha value is -3.60. The van der Waals surface area contributed by atoms with Crippen LogP contribution in [0.15, 0.2) is 28.8 Å². The minimum atomic E-state index is -4.75. The second kappa shape index (κ2) is 6.03. The molecule has 0 unspecified atom stereocenters. The second-order valence-corrected chi connectivity index (χ2v) is 3.95. The third-order valence-electron chi connectivity index (χ3n) is 2.52. The molecule has 0 fully saturated rings. The van der Waals surface area contributed by atoms with E-state index in [2.05, 4.69) is 14.7 Å². The van der Waals surface area contributed by atoms with E-state index >= 15 is 0 Å². The predicted octanol–water partition coefficient (Wildman–Crippen LogP) is 2.23. The smallest absolute Gasteiger partial charge is 0.329 e. The van der Waals surface area contributed by atoms with Gasteiger partial charge < -0.3 is 4.52 Å². The molecule has 1 N–H and O–H groups in total. The molecule has 2 amide bonds. The summed E-state index contributed by atoms with van der Waals surface area (Å²) in [7, 11) is 0. The zero-order chi connectivity index (χ0) is 17.0. The van der Waals surface area contributed by atoms with E-state index in [9.17, 15) is 18.0 Å². The van der Waals surface area contributed by atoms with Crippen molar-refractivity contribution in [3.05, 3.63) is 30.2 Å². The lowest BCUT2D eigenvalue weighted by molar-refractivity contribution is -0.159. The summed E-state index contributed by atoms with van der Waals surface area (Å²) in [5.74, 6) is -1.78. The Labute approximate surface area is 126 Å². The van der Waals surface area contributed by atoms with Crippen LogP contribution in [0.4, 0.5) is 23.7 Å². The highest BCUT2D eigenvalue weighted by Crippen LogP contribution is 2.29. The van der Waals surface area contributed by atoms with Gasteiger partial charge in [-0.2, -0.15) is 33.6 Å². The highest BCUT2D eigenvalue weighted by atomic mass is 19.4. The van der Waals surface area contributed by atoms with Gasteiger partial charge in [-0.05, 0) is 24.3 Å². The van der Waals surface area contributed by atoms with Gasteiger partial charge in [0.15, 0.2) is 12.4 Å². The number of halogens is 3. The number of hydrogen-bond acceptors (Lipinski definition) is 6. The van der Waals surface area contributed by atoms with Gasteiger partial charge in [0, 0.05) is 5.56 Å². The maximum atomic E-state index is 12.4. The van der Waals surface area contributed by atoms with Crippen molar-refractivity contribution in [2.75, 3.05) is 4.90 Å². The van der Waals surface area contributed by atoms with Gasteiger partial charge in [-0.25, -0.2) is 10.1 Å². The van der Waals surface area contributed by atoms with Crippen molar-refractivity contribution in [1.29, 1.82) is 10.5 Å². The Kier molecular flexibility index (Phi) is 4.14. The minimum Gasteiger partial charge on any atom is -0.329 e. The van der Waals surface area contributed by atoms with Gasteiger partial charge in [0.1, 0.15) is 0 Å². The van der Waals surface area contributed by atoms with Gasteiger partial charge in [-0.3, -0.25) is 0 Å². The van der Waals surface area contributed by atoms with Crippen LogP contribution < -0.4 is 10.2 Å². The second-order valence-electron chi connectivity index (χ2n) is 3.95. The normalized spacial score (nSPS) is 10.5. The average Bonchev–Trinajstić information content (AvgIpc) is 2.99. The molecule has 2 aromatic rings. The van der Waals surface area contributed by atoms with Gasteiger partial charge in [-0.1, -0.05) is 5.16 Å². The molecule has 1 heterocycles. The van der Waals surface area contributed by atoms with E-state index in [0.717, 1.165) is 0 Å². The molecule has 0 saturated heterocycles. The molecule has 1 aromatic heterocycles. The summed E-state index contributed by atoms with van der Waals surface area (Å²) in [5, 5.41) is 22.2. The summed E-state index contributed by atoms with van der Waals surface area (Å²) in [4.78, 5) is 15.2. The van der Waals surface area contributed by atoms with Crippen molar-refractivity contribution in [1.82, 2.24) is 15.5 Å². The molecule has 11 heteroatoms. The van der Waals surface area contributed by atoms with Crippen LogP contribution in [0.25, 0.3) is 11.4 Å². The van der Waals surface area contributed by atoms with Crippen molar-refractivity contribution in [2.24, 2.45) is 0 Å². The summed E-state index contributed by atoms with van der Waals surface area (Å²) in [6.07, 6.45) is -1.82. The number of rotatable bonds is 2. The van der Waals surface area contributed by atoms with Crippen molar-refractivity contribution >= 4 is 11.7 Å². The summed E-state index contributed by atoms with van der Waals surface area (Å²) in [6.45, 7) is 0. The fourth-order valence-electron chi connectivity index (χ4n) is 1.54. The van der Waals surface area contributed by atoms with Crippen LogP contribution in [0.5, 0.6) is 0 Å². The lowest BCUT2D eigenvalue weighted by Crippen LogP contribution is -2.33. The molecule has 0 spiro atoms. The number of carbonyl (C=O) groups excluding carboxylic acids is 1. The van der Waals surface area contributed by atoms with E-state index in [1.807, 2.05) is 0 Å². The van der Waals surface area contributed by atoms with Gasteiger partial charge in [0.2, 0.25) is 5.82 Å². The van der Waals surface area contributed by atoms with Gasteiger partial charge in [0.05, 0.1) is 5.69 Å². The number of alkyl halides is 3. The number of anilines is 1. The van der Waals surface area contributed by atoms with Crippen molar-refractivity contribution < 1.29 is 22.5 Å². The summed E-state index contributed by atoms with van der Waals surface area (Å²) in [5.41, 5.74) is 0.287. The molecular weight excluding hydrogens is 317 g/mol. The van der Waals surface area contributed by atoms with E-state index in [1.165, 1.54) is 30.5 Å². The molecule has 8 nitrogen and oxygen atoms in total. The summed E-state index contributed by atoms with van der Waals surface area (Å²) < 4.78 is 41.3. The number of aromatic nitrogens is 2. The van der Waals surface area contributed by atoms with Crippen LogP contribution in [0.2, 0.25) is 0 Å². The maximum absolute atomic E-state index is 12.4. The monoisotopic (exact) mass is 322 g/mol. The van der Waals surface area contributed by atoms with Crippen LogP contribution >= 0.6 is 0 Å². The van der Waals surface area contributed by atoms with Gasteiger partial charge >= 0.3 is 18.1 Å². The highest BCUT2D eigenvalue weighted by Gasteiger charge is 2.38. The van der Waals surface area contributed by atoms with E-state index in [1.54, 1.807) is 11.5 Å². The Balaban J connectivity index is 2.26. The molecule has 0 aliphatic heterocycles. The van der Waals surface area contributed by atoms with Crippen LogP contribution in [-0.4, -0.2) is 16.2 Å². The van der Waals surface area contributed by atoms with Gasteiger partial charge in [0.25, 0.3) is 0 Å². The Morgan fingerprint density at radius 1 is 1.26 bits per heavy atom. The van der Waals surface area contributed by atoms with E-state index in [4.69, 9.17) is 10.5 Å². The Morgan fingerprint density at radius 2 is 1.91 bits per heavy atom. The number of benzene rings is 1. The van der Waals surface area contributed by atoms with Crippen molar-refractivity contribution in [3.8, 4) is 23.8 Å². The first-order valence-electron chi connectivity index (χ1n) is 5.77. The Morgan fingerprint density at radius 3 is 2.39 bits per heavy atom. The quantitative estimate of drug-likeness (QED) is 0.669.